The van der Waals surface area contributed by atoms with E-state index in [1.54, 1.807) is 11.1 Å². The molecule has 2 aliphatic carbocycles. The average molecular weight is 388 g/mol. The minimum Gasteiger partial charge on any atom is -0.394 e. The summed E-state index contributed by atoms with van der Waals surface area (Å²) in [5, 5.41) is 9.66. The molecule has 2 aliphatic rings. The lowest BCUT2D eigenvalue weighted by molar-refractivity contribution is 0.197. The maximum absolute atomic E-state index is 9.66. The summed E-state index contributed by atoms with van der Waals surface area (Å²) in [6.07, 6.45) is 19.7. The number of nitrogens with two attached hydrogens (primary N) is 1. The molecular weight excluding hydrogens is 342 g/mol. The molecule has 1 fully saturated rings. The molecule has 0 aliphatic heterocycles. The summed E-state index contributed by atoms with van der Waals surface area (Å²) in [6, 6.07) is 0. The van der Waals surface area contributed by atoms with Crippen LogP contribution in [0.5, 0.6) is 0 Å². The highest BCUT2D eigenvalue weighted by molar-refractivity contribution is 5.36. The maximum atomic E-state index is 9.66. The van der Waals surface area contributed by atoms with Crippen LogP contribution in [0.25, 0.3) is 0 Å². The molecule has 2 heteroatoms. The van der Waals surface area contributed by atoms with Crippen molar-refractivity contribution in [3.8, 4) is 0 Å². The topological polar surface area (TPSA) is 46.2 Å². The molecule has 2 nitrogen and oxygen atoms in total. The molecule has 28 heavy (non-hydrogen) atoms. The second-order valence-electron chi connectivity index (χ2n) is 9.65. The van der Waals surface area contributed by atoms with E-state index in [0.717, 1.165) is 31.6 Å². The van der Waals surface area contributed by atoms with E-state index < -0.39 is 0 Å². The smallest absolute Gasteiger partial charge is 0.0611 e. The van der Waals surface area contributed by atoms with E-state index in [9.17, 15) is 5.11 Å². The maximum Gasteiger partial charge on any atom is 0.0611 e. The van der Waals surface area contributed by atoms with E-state index in [-0.39, 0.29) is 12.1 Å². The minimum absolute atomic E-state index is 0.107. The first-order chi connectivity index (χ1) is 13.4. The Morgan fingerprint density at radius 2 is 2.00 bits per heavy atom. The van der Waals surface area contributed by atoms with Crippen molar-refractivity contribution in [2.24, 2.45) is 17.6 Å². The van der Waals surface area contributed by atoms with Crippen molar-refractivity contribution in [3.05, 3.63) is 34.4 Å². The number of hydrogen-bond donors (Lipinski definition) is 2. The lowest BCUT2D eigenvalue weighted by Crippen LogP contribution is -2.40. The lowest BCUT2D eigenvalue weighted by Gasteiger charge is -2.25. The minimum atomic E-state index is -0.374. The molecule has 0 aromatic carbocycles. The van der Waals surface area contributed by atoms with Crippen molar-refractivity contribution in [3.63, 3.8) is 0 Å². The predicted octanol–water partition coefficient (Wildman–Crippen LogP) is 6.85. The van der Waals surface area contributed by atoms with Gasteiger partial charge in [-0.05, 0) is 81.8 Å². The third kappa shape index (κ3) is 6.59. The quantitative estimate of drug-likeness (QED) is 0.318. The van der Waals surface area contributed by atoms with Crippen LogP contribution in [0.15, 0.2) is 34.4 Å². The summed E-state index contributed by atoms with van der Waals surface area (Å²) in [6.45, 7) is 9.24. The first-order valence-corrected chi connectivity index (χ1v) is 11.9. The number of hydrogen-bond acceptors (Lipinski definition) is 2. The van der Waals surface area contributed by atoms with Crippen LogP contribution in [-0.2, 0) is 0 Å². The van der Waals surface area contributed by atoms with Crippen LogP contribution < -0.4 is 5.73 Å². The molecule has 2 rings (SSSR count). The molecule has 0 bridgehead atoms. The molecule has 0 spiro atoms. The fraction of sp³-hybridized carbons (Fsp3) is 0.769. The van der Waals surface area contributed by atoms with Crippen LogP contribution in [0.4, 0.5) is 0 Å². The molecule has 1 saturated carbocycles. The van der Waals surface area contributed by atoms with Crippen LogP contribution >= 0.6 is 0 Å². The Bertz CT molecular complexity index is 585. The molecule has 0 aromatic rings. The molecule has 0 amide bonds. The molecule has 0 aromatic heterocycles. The molecule has 0 radical (unpaired) electrons. The molecule has 3 N–H and O–H groups in total. The van der Waals surface area contributed by atoms with Crippen LogP contribution in [0, 0.1) is 11.8 Å². The van der Waals surface area contributed by atoms with Crippen molar-refractivity contribution >= 4 is 0 Å². The summed E-state index contributed by atoms with van der Waals surface area (Å²) in [7, 11) is 0. The number of rotatable bonds is 10. The summed E-state index contributed by atoms with van der Waals surface area (Å²) in [4.78, 5) is 0. The highest BCUT2D eigenvalue weighted by Crippen LogP contribution is 2.40. The van der Waals surface area contributed by atoms with Gasteiger partial charge in [-0.25, -0.2) is 0 Å². The van der Waals surface area contributed by atoms with Crippen molar-refractivity contribution in [1.29, 1.82) is 0 Å². The Morgan fingerprint density at radius 1 is 1.21 bits per heavy atom. The molecule has 0 saturated heterocycles. The first kappa shape index (κ1) is 23.4. The summed E-state index contributed by atoms with van der Waals surface area (Å²) in [5.41, 5.74) is 12.1. The fourth-order valence-electron chi connectivity index (χ4n) is 5.07. The molecule has 0 heterocycles. The SMILES string of the molecule is CCCCCCC1CCC(C)=C(/C=C\C(=C(C)CC)C2CCC(N)(CO)C2)C1. The van der Waals surface area contributed by atoms with Crippen LogP contribution in [0.2, 0.25) is 0 Å². The normalized spacial score (nSPS) is 29.6. The summed E-state index contributed by atoms with van der Waals surface area (Å²) in [5.74, 6) is 1.38. The first-order valence-electron chi connectivity index (χ1n) is 11.9. The monoisotopic (exact) mass is 387 g/mol. The molecule has 3 atom stereocenters. The second kappa shape index (κ2) is 11.4. The summed E-state index contributed by atoms with van der Waals surface area (Å²) >= 11 is 0. The Morgan fingerprint density at radius 3 is 2.64 bits per heavy atom. The fourth-order valence-corrected chi connectivity index (χ4v) is 5.07. The van der Waals surface area contributed by atoms with Gasteiger partial charge >= 0.3 is 0 Å². The van der Waals surface area contributed by atoms with Crippen LogP contribution in [0.1, 0.15) is 105 Å². The number of allylic oxidation sites excluding steroid dienone is 6. The van der Waals surface area contributed by atoms with Crippen LogP contribution in [-0.4, -0.2) is 17.3 Å². The van der Waals surface area contributed by atoms with Gasteiger partial charge in [0, 0.05) is 5.54 Å². The van der Waals surface area contributed by atoms with Gasteiger partial charge in [0.1, 0.15) is 0 Å². The average Bonchev–Trinajstić information content (AvgIpc) is 3.09. The van der Waals surface area contributed by atoms with E-state index in [0.29, 0.717) is 5.92 Å². The van der Waals surface area contributed by atoms with Gasteiger partial charge in [-0.3, -0.25) is 0 Å². The highest BCUT2D eigenvalue weighted by Gasteiger charge is 2.36. The predicted molar refractivity (Wildman–Crippen MR) is 122 cm³/mol. The second-order valence-corrected chi connectivity index (χ2v) is 9.65. The van der Waals surface area contributed by atoms with Gasteiger partial charge in [0.15, 0.2) is 0 Å². The third-order valence-corrected chi connectivity index (χ3v) is 7.34. The molecule has 3 unspecified atom stereocenters. The number of unbranched alkanes of at least 4 members (excludes halogenated alkanes) is 3. The van der Waals surface area contributed by atoms with Gasteiger partial charge in [0.2, 0.25) is 0 Å². The van der Waals surface area contributed by atoms with Crippen molar-refractivity contribution in [2.45, 2.75) is 110 Å². The van der Waals surface area contributed by atoms with Crippen molar-refractivity contribution < 1.29 is 5.11 Å². The van der Waals surface area contributed by atoms with E-state index in [2.05, 4.69) is 39.8 Å². The summed E-state index contributed by atoms with van der Waals surface area (Å²) < 4.78 is 0. The highest BCUT2D eigenvalue weighted by atomic mass is 16.3. The van der Waals surface area contributed by atoms with Gasteiger partial charge in [-0.1, -0.05) is 69.2 Å². The van der Waals surface area contributed by atoms with Gasteiger partial charge < -0.3 is 10.8 Å². The van der Waals surface area contributed by atoms with Gasteiger partial charge in [-0.15, -0.1) is 0 Å². The molecular formula is C26H45NO. The Balaban J connectivity index is 2.05. The number of aliphatic hydroxyl groups is 1. The van der Waals surface area contributed by atoms with Crippen LogP contribution in [0.3, 0.4) is 0 Å². The van der Waals surface area contributed by atoms with E-state index >= 15 is 0 Å². The third-order valence-electron chi connectivity index (χ3n) is 7.34. The van der Waals surface area contributed by atoms with Gasteiger partial charge in [0.05, 0.1) is 6.61 Å². The zero-order valence-electron chi connectivity index (χ0n) is 19.0. The van der Waals surface area contributed by atoms with E-state index in [1.165, 1.54) is 62.5 Å². The zero-order valence-corrected chi connectivity index (χ0v) is 19.0. The van der Waals surface area contributed by atoms with Crippen molar-refractivity contribution in [2.75, 3.05) is 6.61 Å². The Hall–Kier alpha value is -0.860. The lowest BCUT2D eigenvalue weighted by atomic mass is 9.81. The van der Waals surface area contributed by atoms with Gasteiger partial charge in [0.25, 0.3) is 0 Å². The number of aliphatic hydroxyl groups excluding tert-OH is 1. The van der Waals surface area contributed by atoms with E-state index in [4.69, 9.17) is 5.73 Å². The van der Waals surface area contributed by atoms with E-state index in [1.807, 2.05) is 0 Å². The largest absolute Gasteiger partial charge is 0.394 e. The Kier molecular flexibility index (Phi) is 9.50. The van der Waals surface area contributed by atoms with Crippen molar-refractivity contribution in [1.82, 2.24) is 0 Å². The standard InChI is InChI=1S/C26H45NO/c1-5-7-8-9-10-22-12-11-21(4)23(17-22)13-14-25(20(3)6-2)24-15-16-26(27,18-24)19-28/h13-14,22,24,28H,5-12,15-19,27H2,1-4H3/b14-13-,25-20?. The Labute approximate surface area is 174 Å². The molecule has 160 valence electrons. The van der Waals surface area contributed by atoms with Gasteiger partial charge in [-0.2, -0.15) is 0 Å². The zero-order chi connectivity index (χ0) is 20.6.